The Morgan fingerprint density at radius 3 is 2.15 bits per heavy atom. The summed E-state index contributed by atoms with van der Waals surface area (Å²) >= 11 is 0. The van der Waals surface area contributed by atoms with E-state index in [2.05, 4.69) is 4.40 Å². The van der Waals surface area contributed by atoms with E-state index >= 15 is 0 Å². The number of hydrogen-bond donors (Lipinski definition) is 0. The highest BCUT2D eigenvalue weighted by Crippen LogP contribution is 2.16. The number of methoxy groups -OCH3 is 1. The largest absolute Gasteiger partial charge is 0.497 e. The van der Waals surface area contributed by atoms with Crippen LogP contribution in [0.2, 0.25) is 0 Å². The van der Waals surface area contributed by atoms with Crippen molar-refractivity contribution in [3.63, 3.8) is 0 Å². The number of benzene rings is 2. The Labute approximate surface area is 162 Å². The van der Waals surface area contributed by atoms with Crippen molar-refractivity contribution in [3.05, 3.63) is 65.7 Å². The van der Waals surface area contributed by atoms with Crippen LogP contribution in [0.25, 0.3) is 6.08 Å². The number of sulfonamides is 1. The Morgan fingerprint density at radius 1 is 1.04 bits per heavy atom. The first-order valence-corrected chi connectivity index (χ1v) is 10.3. The minimum absolute atomic E-state index is 0.190. The molecule has 0 saturated carbocycles. The second-order valence-electron chi connectivity index (χ2n) is 6.02. The van der Waals surface area contributed by atoms with Gasteiger partial charge >= 0.3 is 0 Å². The molecule has 2 aromatic rings. The van der Waals surface area contributed by atoms with Crippen LogP contribution in [0, 0.1) is 6.92 Å². The molecule has 0 aliphatic rings. The zero-order valence-corrected chi connectivity index (χ0v) is 17.0. The van der Waals surface area contributed by atoms with Crippen LogP contribution in [-0.4, -0.2) is 39.4 Å². The molecule has 0 bridgehead atoms. The van der Waals surface area contributed by atoms with Crippen LogP contribution in [0.3, 0.4) is 0 Å². The van der Waals surface area contributed by atoms with Gasteiger partial charge in [0.15, 0.2) is 0 Å². The van der Waals surface area contributed by atoms with Crippen LogP contribution in [0.15, 0.2) is 63.9 Å². The van der Waals surface area contributed by atoms with E-state index in [1.165, 1.54) is 0 Å². The molecule has 0 fully saturated rings. The van der Waals surface area contributed by atoms with Gasteiger partial charge in [0, 0.05) is 13.1 Å². The molecule has 0 aliphatic heterocycles. The van der Waals surface area contributed by atoms with Gasteiger partial charge < -0.3 is 9.64 Å². The number of likely N-dealkylation sites (N-methyl/N-ethyl adjacent to an activating group) is 1. The zero-order valence-electron chi connectivity index (χ0n) is 16.2. The fraction of sp³-hybridized carbons (Fsp3) is 0.286. The van der Waals surface area contributed by atoms with Gasteiger partial charge in [0.05, 0.1) is 12.0 Å². The number of aryl methyl sites for hydroxylation is 1. The van der Waals surface area contributed by atoms with Crippen LogP contribution in [0.4, 0.5) is 0 Å². The monoisotopic (exact) mass is 386 g/mol. The van der Waals surface area contributed by atoms with Crippen LogP contribution in [-0.2, 0) is 10.0 Å². The molecule has 0 aliphatic carbocycles. The molecule has 5 nitrogen and oxygen atoms in total. The Bertz CT molecular complexity index is 895. The van der Waals surface area contributed by atoms with Gasteiger partial charge in [-0.1, -0.05) is 35.9 Å². The van der Waals surface area contributed by atoms with Crippen molar-refractivity contribution in [2.45, 2.75) is 25.7 Å². The lowest BCUT2D eigenvalue weighted by Crippen LogP contribution is -2.30. The molecule has 0 saturated heterocycles. The molecular formula is C21H26N2O3S. The fourth-order valence-corrected chi connectivity index (χ4v) is 3.52. The van der Waals surface area contributed by atoms with E-state index < -0.39 is 10.0 Å². The standard InChI is InChI=1S/C21H26N2O3S/c1-5-23(6-2)21(16-11-18-9-12-19(26-4)13-10-18)22-27(24,25)20-14-7-17(3)8-15-20/h7-16H,5-6H2,1-4H3/b16-11+,22-21+. The number of nitrogens with zero attached hydrogens (tertiary/aromatic N) is 2. The van der Waals surface area contributed by atoms with E-state index in [4.69, 9.17) is 4.74 Å². The van der Waals surface area contributed by atoms with E-state index in [0.29, 0.717) is 18.9 Å². The van der Waals surface area contributed by atoms with Crippen LogP contribution >= 0.6 is 0 Å². The van der Waals surface area contributed by atoms with Gasteiger partial charge in [-0.05, 0) is 56.7 Å². The third-order valence-corrected chi connectivity index (χ3v) is 5.46. The van der Waals surface area contributed by atoms with Gasteiger partial charge in [0.25, 0.3) is 10.0 Å². The van der Waals surface area contributed by atoms with Crippen LogP contribution in [0.1, 0.15) is 25.0 Å². The minimum Gasteiger partial charge on any atom is -0.497 e. The number of ether oxygens (including phenoxy) is 1. The highest BCUT2D eigenvalue weighted by atomic mass is 32.2. The molecule has 27 heavy (non-hydrogen) atoms. The fourth-order valence-electron chi connectivity index (χ4n) is 2.51. The molecular weight excluding hydrogens is 360 g/mol. The Morgan fingerprint density at radius 2 is 1.63 bits per heavy atom. The summed E-state index contributed by atoms with van der Waals surface area (Å²) in [6.45, 7) is 7.17. The van der Waals surface area contributed by atoms with Crippen LogP contribution < -0.4 is 4.74 Å². The summed E-state index contributed by atoms with van der Waals surface area (Å²) in [7, 11) is -2.16. The first-order chi connectivity index (χ1) is 12.9. The normalized spacial score (nSPS) is 12.4. The SMILES string of the molecule is CCN(CC)C(/C=C/c1ccc(OC)cc1)=N/S(=O)(=O)c1ccc(C)cc1. The topological polar surface area (TPSA) is 59.0 Å². The van der Waals surface area contributed by atoms with Gasteiger partial charge in [-0.15, -0.1) is 4.40 Å². The Balaban J connectivity index is 2.39. The van der Waals surface area contributed by atoms with Gasteiger partial charge in [-0.25, -0.2) is 0 Å². The molecule has 6 heteroatoms. The first kappa shape index (κ1) is 20.7. The van der Waals surface area contributed by atoms with Crippen molar-refractivity contribution in [2.75, 3.05) is 20.2 Å². The van der Waals surface area contributed by atoms with E-state index in [-0.39, 0.29) is 4.90 Å². The summed E-state index contributed by atoms with van der Waals surface area (Å²) in [6, 6.07) is 14.2. The zero-order chi connectivity index (χ0) is 19.9. The third kappa shape index (κ3) is 5.69. The molecule has 0 N–H and O–H groups in total. The third-order valence-electron chi connectivity index (χ3n) is 4.16. The van der Waals surface area contributed by atoms with E-state index in [9.17, 15) is 8.42 Å². The second kappa shape index (κ2) is 9.37. The first-order valence-electron chi connectivity index (χ1n) is 8.88. The molecule has 0 heterocycles. The van der Waals surface area contributed by atoms with Crippen molar-refractivity contribution < 1.29 is 13.2 Å². The second-order valence-corrected chi connectivity index (χ2v) is 7.62. The predicted octanol–water partition coefficient (Wildman–Crippen LogP) is 4.15. The van der Waals surface area contributed by atoms with Crippen molar-refractivity contribution in [3.8, 4) is 5.75 Å². The maximum Gasteiger partial charge on any atom is 0.284 e. The lowest BCUT2D eigenvalue weighted by atomic mass is 10.2. The van der Waals surface area contributed by atoms with Crippen molar-refractivity contribution in [1.29, 1.82) is 0 Å². The highest BCUT2D eigenvalue weighted by Gasteiger charge is 2.15. The molecule has 0 unspecified atom stereocenters. The average Bonchev–Trinajstić information content (AvgIpc) is 2.67. The van der Waals surface area contributed by atoms with Gasteiger partial charge in [0.2, 0.25) is 0 Å². The minimum atomic E-state index is -3.78. The average molecular weight is 387 g/mol. The van der Waals surface area contributed by atoms with Crippen LogP contribution in [0.5, 0.6) is 5.75 Å². The van der Waals surface area contributed by atoms with E-state index in [1.807, 2.05) is 56.0 Å². The smallest absolute Gasteiger partial charge is 0.284 e. The van der Waals surface area contributed by atoms with E-state index in [0.717, 1.165) is 16.9 Å². The van der Waals surface area contributed by atoms with Gasteiger partial charge in [-0.2, -0.15) is 8.42 Å². The summed E-state index contributed by atoms with van der Waals surface area (Å²) in [5.41, 5.74) is 1.93. The maximum atomic E-state index is 12.7. The number of rotatable bonds is 7. The number of hydrogen-bond acceptors (Lipinski definition) is 3. The molecule has 2 aromatic carbocycles. The summed E-state index contributed by atoms with van der Waals surface area (Å²) in [5, 5.41) is 0. The Kier molecular flexibility index (Phi) is 7.19. The molecule has 0 spiro atoms. The van der Waals surface area contributed by atoms with Crippen molar-refractivity contribution in [1.82, 2.24) is 4.90 Å². The molecule has 0 atom stereocenters. The van der Waals surface area contributed by atoms with Gasteiger partial charge in [0.1, 0.15) is 11.6 Å². The molecule has 144 valence electrons. The molecule has 0 amide bonds. The summed E-state index contributed by atoms with van der Waals surface area (Å²) in [5.74, 6) is 1.18. The predicted molar refractivity (Wildman–Crippen MR) is 111 cm³/mol. The summed E-state index contributed by atoms with van der Waals surface area (Å²) in [4.78, 5) is 2.10. The quantitative estimate of drug-likeness (QED) is 0.530. The number of amidine groups is 1. The summed E-state index contributed by atoms with van der Waals surface area (Å²) < 4.78 is 34.7. The van der Waals surface area contributed by atoms with Gasteiger partial charge in [-0.3, -0.25) is 0 Å². The molecule has 0 radical (unpaired) electrons. The molecule has 0 aromatic heterocycles. The lowest BCUT2D eigenvalue weighted by molar-refractivity contribution is 0.415. The van der Waals surface area contributed by atoms with Crippen molar-refractivity contribution in [2.24, 2.45) is 4.40 Å². The van der Waals surface area contributed by atoms with E-state index in [1.54, 1.807) is 37.5 Å². The Hall–Kier alpha value is -2.60. The molecule has 2 rings (SSSR count). The lowest BCUT2D eigenvalue weighted by Gasteiger charge is -2.20. The van der Waals surface area contributed by atoms with Crippen molar-refractivity contribution >= 4 is 21.9 Å². The summed E-state index contributed by atoms with van der Waals surface area (Å²) in [6.07, 6.45) is 3.59. The highest BCUT2D eigenvalue weighted by molar-refractivity contribution is 7.90. The maximum absolute atomic E-state index is 12.7.